The van der Waals surface area contributed by atoms with E-state index >= 15 is 0 Å². The average molecular weight is 369 g/mol. The Hall–Kier alpha value is -1.87. The van der Waals surface area contributed by atoms with Gasteiger partial charge in [0.05, 0.1) is 7.11 Å². The highest BCUT2D eigenvalue weighted by atomic mass is 79.9. The molecule has 0 saturated heterocycles. The van der Waals surface area contributed by atoms with Crippen LogP contribution in [0.4, 0.5) is 0 Å². The maximum absolute atomic E-state index is 13.1. The molecule has 2 aromatic carbocycles. The van der Waals surface area contributed by atoms with Gasteiger partial charge in [-0.25, -0.2) is 0 Å². The number of ketones is 1. The lowest BCUT2D eigenvalue weighted by Crippen LogP contribution is -2.29. The van der Waals surface area contributed by atoms with Crippen molar-refractivity contribution in [2.24, 2.45) is 0 Å². The van der Waals surface area contributed by atoms with Gasteiger partial charge in [0.25, 0.3) is 0 Å². The monoisotopic (exact) mass is 368 g/mol. The van der Waals surface area contributed by atoms with Crippen LogP contribution in [0.15, 0.2) is 46.4 Å². The zero-order chi connectivity index (χ0) is 16.4. The molecule has 0 radical (unpaired) electrons. The molecule has 0 saturated carbocycles. The number of allylic oxidation sites excluding steroid dienone is 2. The minimum atomic E-state index is -0.182. The number of rotatable bonds is 1. The summed E-state index contributed by atoms with van der Waals surface area (Å²) in [6.07, 6.45) is 0.833. The molecule has 0 amide bonds. The van der Waals surface area contributed by atoms with Gasteiger partial charge in [0.15, 0.2) is 5.78 Å². The third-order valence-electron chi connectivity index (χ3n) is 5.13. The van der Waals surface area contributed by atoms with E-state index in [2.05, 4.69) is 41.9 Å². The first-order valence-electron chi connectivity index (χ1n) is 7.69. The largest absolute Gasteiger partial charge is 0.497 e. The predicted molar refractivity (Wildman–Crippen MR) is 95.1 cm³/mol. The van der Waals surface area contributed by atoms with E-state index in [0.29, 0.717) is 0 Å². The van der Waals surface area contributed by atoms with Crippen molar-refractivity contribution in [1.29, 1.82) is 0 Å². The molecular weight excluding hydrogens is 352 g/mol. The molecule has 0 unspecified atom stereocenters. The summed E-state index contributed by atoms with van der Waals surface area (Å²) in [5, 5.41) is 0. The number of hydrogen-bond donors (Lipinski definition) is 0. The lowest BCUT2D eigenvalue weighted by atomic mass is 9.68. The molecule has 0 fully saturated rings. The molecule has 2 aliphatic rings. The molecule has 0 N–H and O–H groups in total. The maximum atomic E-state index is 13.1. The van der Waals surface area contributed by atoms with Crippen molar-refractivity contribution in [2.45, 2.75) is 25.7 Å². The second-order valence-electron chi connectivity index (χ2n) is 6.70. The number of halogens is 1. The summed E-state index contributed by atoms with van der Waals surface area (Å²) in [6, 6.07) is 12.0. The zero-order valence-electron chi connectivity index (χ0n) is 13.4. The van der Waals surface area contributed by atoms with Crippen molar-refractivity contribution < 1.29 is 9.53 Å². The van der Waals surface area contributed by atoms with Crippen LogP contribution in [0.2, 0.25) is 0 Å². The first-order valence-corrected chi connectivity index (χ1v) is 8.48. The molecule has 0 atom stereocenters. The van der Waals surface area contributed by atoms with E-state index in [1.165, 1.54) is 11.1 Å². The Morgan fingerprint density at radius 2 is 1.83 bits per heavy atom. The summed E-state index contributed by atoms with van der Waals surface area (Å²) in [4.78, 5) is 13.1. The highest BCUT2D eigenvalue weighted by Crippen LogP contribution is 2.50. The second-order valence-corrected chi connectivity index (χ2v) is 7.61. The smallest absolute Gasteiger partial charge is 0.193 e. The van der Waals surface area contributed by atoms with Crippen LogP contribution >= 0.6 is 15.9 Å². The van der Waals surface area contributed by atoms with Crippen molar-refractivity contribution in [2.75, 3.05) is 7.11 Å². The van der Waals surface area contributed by atoms with Crippen molar-refractivity contribution in [3.05, 3.63) is 68.7 Å². The minimum Gasteiger partial charge on any atom is -0.497 e. The Balaban J connectivity index is 1.96. The Bertz CT molecular complexity index is 891. The Labute approximate surface area is 144 Å². The van der Waals surface area contributed by atoms with E-state index in [9.17, 15) is 4.79 Å². The molecule has 4 rings (SSSR count). The van der Waals surface area contributed by atoms with E-state index in [-0.39, 0.29) is 11.2 Å². The first-order chi connectivity index (χ1) is 10.9. The lowest BCUT2D eigenvalue weighted by molar-refractivity contribution is 0.105. The SMILES string of the molecule is COc1ccc2c(c1)C(C)(C)C1=C(C2=O)c2ccc(Br)cc2C1. The predicted octanol–water partition coefficient (Wildman–Crippen LogP) is 4.94. The van der Waals surface area contributed by atoms with Crippen LogP contribution in [0.25, 0.3) is 5.57 Å². The van der Waals surface area contributed by atoms with Crippen LogP contribution in [0.5, 0.6) is 5.75 Å². The molecule has 0 aromatic heterocycles. The summed E-state index contributed by atoms with van der Waals surface area (Å²) < 4.78 is 6.42. The number of Topliss-reactive ketones (excluding diaryl/α,β-unsaturated/α-hetero) is 1. The Morgan fingerprint density at radius 1 is 1.09 bits per heavy atom. The second kappa shape index (κ2) is 4.81. The highest BCUT2D eigenvalue weighted by molar-refractivity contribution is 9.10. The van der Waals surface area contributed by atoms with E-state index < -0.39 is 0 Å². The van der Waals surface area contributed by atoms with Gasteiger partial charge < -0.3 is 4.74 Å². The number of carbonyl (C=O) groups is 1. The minimum absolute atomic E-state index is 0.137. The molecule has 0 bridgehead atoms. The standard InChI is InChI=1S/C20H17BrO2/c1-20(2)16-10-13(23-3)5-7-15(16)19(22)18-14-6-4-12(21)8-11(14)9-17(18)20/h4-8,10H,9H2,1-3H3. The summed E-state index contributed by atoms with van der Waals surface area (Å²) in [7, 11) is 1.66. The first kappa shape index (κ1) is 14.7. The van der Waals surface area contributed by atoms with Gasteiger partial charge in [-0.1, -0.05) is 35.8 Å². The van der Waals surface area contributed by atoms with Crippen molar-refractivity contribution in [3.63, 3.8) is 0 Å². The average Bonchev–Trinajstić information content (AvgIpc) is 2.92. The van der Waals surface area contributed by atoms with Gasteiger partial charge in [-0.15, -0.1) is 0 Å². The molecule has 23 heavy (non-hydrogen) atoms. The fraction of sp³-hybridized carbons (Fsp3) is 0.250. The van der Waals surface area contributed by atoms with Crippen LogP contribution in [0.3, 0.4) is 0 Å². The summed E-state index contributed by atoms with van der Waals surface area (Å²) in [6.45, 7) is 4.40. The Morgan fingerprint density at radius 3 is 2.57 bits per heavy atom. The van der Waals surface area contributed by atoms with Gasteiger partial charge in [0.2, 0.25) is 0 Å². The topological polar surface area (TPSA) is 26.3 Å². The van der Waals surface area contributed by atoms with Crippen LogP contribution in [0, 0.1) is 0 Å². The summed E-state index contributed by atoms with van der Waals surface area (Å²) >= 11 is 3.54. The van der Waals surface area contributed by atoms with E-state index in [0.717, 1.165) is 38.9 Å². The fourth-order valence-corrected chi connectivity index (χ4v) is 4.26. The van der Waals surface area contributed by atoms with Crippen LogP contribution in [0.1, 0.15) is 40.9 Å². The van der Waals surface area contributed by atoms with Crippen molar-refractivity contribution in [3.8, 4) is 5.75 Å². The number of fused-ring (bicyclic) bond motifs is 3. The van der Waals surface area contributed by atoms with Gasteiger partial charge in [0, 0.05) is 21.0 Å². The van der Waals surface area contributed by atoms with Crippen LogP contribution in [-0.2, 0) is 11.8 Å². The number of ether oxygens (including phenoxy) is 1. The van der Waals surface area contributed by atoms with Crippen molar-refractivity contribution >= 4 is 27.3 Å². The third kappa shape index (κ3) is 1.96. The highest BCUT2D eigenvalue weighted by Gasteiger charge is 2.42. The van der Waals surface area contributed by atoms with Crippen molar-refractivity contribution in [1.82, 2.24) is 0 Å². The van der Waals surface area contributed by atoms with E-state index in [1.54, 1.807) is 7.11 Å². The van der Waals surface area contributed by atoms with Crippen LogP contribution in [-0.4, -0.2) is 12.9 Å². The fourth-order valence-electron chi connectivity index (χ4n) is 3.85. The van der Waals surface area contributed by atoms with Gasteiger partial charge in [0.1, 0.15) is 5.75 Å². The van der Waals surface area contributed by atoms with Gasteiger partial charge in [-0.05, 0) is 59.0 Å². The quantitative estimate of drug-likeness (QED) is 0.712. The van der Waals surface area contributed by atoms with Gasteiger partial charge in [-0.2, -0.15) is 0 Å². The molecule has 0 heterocycles. The number of methoxy groups -OCH3 is 1. The molecule has 0 spiro atoms. The maximum Gasteiger partial charge on any atom is 0.193 e. The molecular formula is C20H17BrO2. The molecule has 2 aliphatic carbocycles. The number of carbonyl (C=O) groups excluding carboxylic acids is 1. The Kier molecular flexibility index (Phi) is 3.08. The summed E-state index contributed by atoms with van der Waals surface area (Å²) in [5.74, 6) is 0.935. The number of hydrogen-bond acceptors (Lipinski definition) is 2. The zero-order valence-corrected chi connectivity index (χ0v) is 15.0. The van der Waals surface area contributed by atoms with E-state index in [1.807, 2.05) is 24.3 Å². The molecule has 3 heteroatoms. The molecule has 116 valence electrons. The van der Waals surface area contributed by atoms with E-state index in [4.69, 9.17) is 4.74 Å². The molecule has 2 aromatic rings. The van der Waals surface area contributed by atoms with Crippen LogP contribution < -0.4 is 4.74 Å². The number of benzene rings is 2. The van der Waals surface area contributed by atoms with Gasteiger partial charge >= 0.3 is 0 Å². The van der Waals surface area contributed by atoms with Gasteiger partial charge in [-0.3, -0.25) is 4.79 Å². The molecule has 0 aliphatic heterocycles. The summed E-state index contributed by atoms with van der Waals surface area (Å²) in [5.41, 5.74) is 6.11. The third-order valence-corrected chi connectivity index (χ3v) is 5.63. The lowest BCUT2D eigenvalue weighted by Gasteiger charge is -2.34. The normalized spacial score (nSPS) is 17.7. The molecule has 2 nitrogen and oxygen atoms in total.